The van der Waals surface area contributed by atoms with Crippen LogP contribution >= 0.6 is 23.0 Å². The smallest absolute Gasteiger partial charge is 0.460 e. The number of benzene rings is 6. The molecule has 59 heavy (non-hydrogen) atoms. The van der Waals surface area contributed by atoms with Crippen LogP contribution in [-0.2, 0) is 0 Å². The minimum absolute atomic E-state index is 0.0596. The Balaban J connectivity index is 1.66. The highest BCUT2D eigenvalue weighted by molar-refractivity contribution is 7.79. The van der Waals surface area contributed by atoms with E-state index in [4.69, 9.17) is 40.7 Å². The summed E-state index contributed by atoms with van der Waals surface area (Å²) < 4.78 is 59.2. The van der Waals surface area contributed by atoms with Crippen molar-refractivity contribution in [3.05, 3.63) is 171 Å². The molecule has 10 nitrogen and oxygen atoms in total. The monoisotopic (exact) mass is 849 g/mol. The number of rotatable bonds is 12. The molecule has 0 fully saturated rings. The van der Waals surface area contributed by atoms with Crippen LogP contribution in [0.1, 0.15) is 55.6 Å². The first kappa shape index (κ1) is 41.8. The third-order valence-corrected chi connectivity index (χ3v) is 18.6. The molecule has 0 spiro atoms. The third-order valence-electron chi connectivity index (χ3n) is 10.6. The fraction of sp³-hybridized carbons (Fsp3) is 0.217. The van der Waals surface area contributed by atoms with Gasteiger partial charge in [0.15, 0.2) is 0 Å². The van der Waals surface area contributed by atoms with Gasteiger partial charge in [-0.15, -0.1) is 0 Å². The van der Waals surface area contributed by atoms with E-state index < -0.39 is 23.0 Å². The maximum Gasteiger partial charge on any atom is 0.460 e. The molecule has 0 amide bonds. The molecule has 0 saturated heterocycles. The Morgan fingerprint density at radius 3 is 0.814 bits per heavy atom. The van der Waals surface area contributed by atoms with Crippen molar-refractivity contribution in [1.29, 1.82) is 0 Å². The van der Waals surface area contributed by atoms with Crippen LogP contribution in [0.25, 0.3) is 0 Å². The predicted octanol–water partition coefficient (Wildman–Crippen LogP) is 15.1. The summed E-state index contributed by atoms with van der Waals surface area (Å²) in [4.78, 5) is 0. The summed E-state index contributed by atoms with van der Waals surface area (Å²) in [6, 6.07) is 35.3. The van der Waals surface area contributed by atoms with Gasteiger partial charge in [-0.1, -0.05) is 74.2 Å². The van der Waals surface area contributed by atoms with Crippen LogP contribution < -0.4 is 27.1 Å². The van der Waals surface area contributed by atoms with Gasteiger partial charge in [0.2, 0.25) is 0 Å². The first-order chi connectivity index (χ1) is 28.1. The van der Waals surface area contributed by atoms with E-state index in [0.717, 1.165) is 55.6 Å². The molecule has 6 aromatic rings. The van der Waals surface area contributed by atoms with Crippen LogP contribution in [0.4, 0.5) is 0 Å². The maximum atomic E-state index is 10.3. The highest BCUT2D eigenvalue weighted by atomic mass is 31.3. The van der Waals surface area contributed by atoms with Gasteiger partial charge in [0.1, 0.15) is 40.2 Å². The number of phenols is 1. The zero-order valence-corrected chi connectivity index (χ0v) is 37.7. The van der Waals surface area contributed by atoms with Crippen LogP contribution in [-0.4, -0.2) is 5.11 Å². The van der Waals surface area contributed by atoms with Crippen molar-refractivity contribution in [2.45, 2.75) is 69.2 Å². The second-order valence-electron chi connectivity index (χ2n) is 14.8. The third kappa shape index (κ3) is 8.96. The van der Waals surface area contributed by atoms with Gasteiger partial charge in [0.25, 0.3) is 0 Å². The molecule has 1 unspecified atom stereocenters. The minimum atomic E-state index is -4.12. The Morgan fingerprint density at radius 1 is 0.322 bits per heavy atom. The molecule has 6 aromatic carbocycles. The number of phenolic OH excluding ortho intramolecular Hbond substituents is 1. The standard InChI is InChI=1S/C46H50N3O7P3/c1-30-16-11-21-42(35(30)6)52-57(51-41-28-26-40(50)27-29-41)47-58(53-43-22-12-17-31(2)36(43)7,54-44-23-13-18-32(3)37(44)8)49-59(48-57,55-45-24-14-19-33(4)38(45)9)56-46-25-15-20-34(5)39(46)10/h11-29,50H,1-10H3. The highest BCUT2D eigenvalue weighted by Crippen LogP contribution is 2.79. The van der Waals surface area contributed by atoms with E-state index in [2.05, 4.69) is 0 Å². The van der Waals surface area contributed by atoms with E-state index >= 15 is 0 Å². The van der Waals surface area contributed by atoms with Crippen molar-refractivity contribution in [1.82, 2.24) is 0 Å². The van der Waals surface area contributed by atoms with Crippen molar-refractivity contribution >= 4 is 23.0 Å². The largest absolute Gasteiger partial charge is 0.508 e. The predicted molar refractivity (Wildman–Crippen MR) is 239 cm³/mol. The Kier molecular flexibility index (Phi) is 11.8. The van der Waals surface area contributed by atoms with Gasteiger partial charge < -0.3 is 32.2 Å². The van der Waals surface area contributed by atoms with Crippen molar-refractivity contribution in [2.24, 2.45) is 13.5 Å². The summed E-state index contributed by atoms with van der Waals surface area (Å²) in [5.41, 5.74) is 9.35. The Labute approximate surface area is 347 Å². The summed E-state index contributed by atoms with van der Waals surface area (Å²) >= 11 is 0. The van der Waals surface area contributed by atoms with Gasteiger partial charge in [0.05, 0.1) is 0 Å². The van der Waals surface area contributed by atoms with Crippen molar-refractivity contribution in [2.75, 3.05) is 0 Å². The van der Waals surface area contributed by atoms with Crippen LogP contribution in [0.5, 0.6) is 40.2 Å². The molecule has 1 aliphatic heterocycles. The molecule has 0 bridgehead atoms. The lowest BCUT2D eigenvalue weighted by Crippen LogP contribution is -2.12. The number of aryl methyl sites for hydroxylation is 5. The van der Waals surface area contributed by atoms with E-state index in [1.54, 1.807) is 12.1 Å². The van der Waals surface area contributed by atoms with E-state index in [-0.39, 0.29) is 5.75 Å². The zero-order chi connectivity index (χ0) is 42.1. The molecule has 7 rings (SSSR count). The van der Waals surface area contributed by atoms with Gasteiger partial charge in [-0.3, -0.25) is 0 Å². The van der Waals surface area contributed by atoms with Gasteiger partial charge in [-0.2, -0.15) is 0 Å². The van der Waals surface area contributed by atoms with Gasteiger partial charge >= 0.3 is 23.0 Å². The van der Waals surface area contributed by atoms with Gasteiger partial charge in [0, 0.05) is 0 Å². The van der Waals surface area contributed by atoms with Crippen LogP contribution in [0.2, 0.25) is 0 Å². The summed E-state index contributed by atoms with van der Waals surface area (Å²) in [5.74, 6) is 2.88. The number of nitrogens with zero attached hydrogens (tertiary/aromatic N) is 3. The lowest BCUT2D eigenvalue weighted by Gasteiger charge is -2.34. The second kappa shape index (κ2) is 16.7. The average Bonchev–Trinajstić information content (AvgIpc) is 3.18. The Hall–Kier alpha value is -5.39. The van der Waals surface area contributed by atoms with Crippen LogP contribution in [0, 0.1) is 69.2 Å². The summed E-state index contributed by atoms with van der Waals surface area (Å²) in [6.45, 7) is 20.0. The molecular formula is C46H50N3O7P3. The van der Waals surface area contributed by atoms with Gasteiger partial charge in [-0.25, -0.2) is 0 Å². The van der Waals surface area contributed by atoms with Gasteiger partial charge in [-0.05, 0) is 179 Å². The first-order valence-corrected chi connectivity index (χ1v) is 23.9. The topological polar surface area (TPSA) is 113 Å². The van der Waals surface area contributed by atoms with Crippen molar-refractivity contribution in [3.63, 3.8) is 0 Å². The van der Waals surface area contributed by atoms with E-state index in [1.807, 2.05) is 160 Å². The van der Waals surface area contributed by atoms with Crippen LogP contribution in [0.3, 0.4) is 0 Å². The normalized spacial score (nSPS) is 16.4. The molecule has 13 heteroatoms. The summed E-state index contributed by atoms with van der Waals surface area (Å²) in [6.07, 6.45) is 0. The SMILES string of the molecule is Cc1cccc(OP2(Oc3ccc(O)cc3)=NP(Oc3cccc(C)c3C)(Oc3cccc(C)c3C)=NP(Oc3cccc(C)c3C)(Oc3cccc(C)c3C)=N2)c1C. The second-order valence-corrected chi connectivity index (χ2v) is 21.0. The van der Waals surface area contributed by atoms with E-state index in [1.165, 1.54) is 12.1 Å². The van der Waals surface area contributed by atoms with Crippen molar-refractivity contribution in [3.8, 4) is 40.2 Å². The molecule has 0 aromatic heterocycles. The van der Waals surface area contributed by atoms with E-state index in [0.29, 0.717) is 34.5 Å². The molecule has 1 aliphatic rings. The molecule has 0 saturated carbocycles. The summed E-state index contributed by atoms with van der Waals surface area (Å²) in [5, 5.41) is 10.3. The molecule has 306 valence electrons. The fourth-order valence-corrected chi connectivity index (χ4v) is 15.5. The lowest BCUT2D eigenvalue weighted by molar-refractivity contribution is 0.438. The molecule has 1 heterocycles. The molecule has 0 radical (unpaired) electrons. The summed E-state index contributed by atoms with van der Waals surface area (Å²) in [7, 11) is -12.3. The quantitative estimate of drug-likeness (QED) is 0.122. The van der Waals surface area contributed by atoms with Crippen molar-refractivity contribution < 1.29 is 32.2 Å². The highest BCUT2D eigenvalue weighted by Gasteiger charge is 2.49. The minimum Gasteiger partial charge on any atom is -0.508 e. The molecular weight excluding hydrogens is 799 g/mol. The number of aromatic hydroxyl groups is 1. The molecule has 1 atom stereocenters. The number of hydrogen-bond donors (Lipinski definition) is 1. The Bertz CT molecular complexity index is 2520. The molecule has 0 aliphatic carbocycles. The molecule has 1 N–H and O–H groups in total. The average molecular weight is 850 g/mol. The number of hydrogen-bond acceptors (Lipinski definition) is 10. The van der Waals surface area contributed by atoms with E-state index in [9.17, 15) is 5.11 Å². The fourth-order valence-electron chi connectivity index (χ4n) is 6.16. The van der Waals surface area contributed by atoms with Crippen LogP contribution in [0.15, 0.2) is 129 Å². The first-order valence-electron chi connectivity index (χ1n) is 19.3. The zero-order valence-electron chi connectivity index (χ0n) is 35.0. The Morgan fingerprint density at radius 2 is 0.559 bits per heavy atom. The lowest BCUT2D eigenvalue weighted by atomic mass is 10.1. The maximum absolute atomic E-state index is 10.3.